The average Bonchev–Trinajstić information content (AvgIpc) is 2.54. The van der Waals surface area contributed by atoms with Crippen LogP contribution in [-0.2, 0) is 20.9 Å². The van der Waals surface area contributed by atoms with E-state index in [1.54, 1.807) is 13.0 Å². The maximum Gasteiger partial charge on any atom is 0.249 e. The van der Waals surface area contributed by atoms with Crippen molar-refractivity contribution < 1.29 is 18.8 Å². The third kappa shape index (κ3) is 4.37. The molecule has 1 heterocycles. The molecule has 0 radical (unpaired) electrons. The fourth-order valence-corrected chi connectivity index (χ4v) is 2.51. The van der Waals surface area contributed by atoms with E-state index in [9.17, 15) is 18.8 Å². The number of aryl methyl sites for hydroxylation is 1. The van der Waals surface area contributed by atoms with Crippen molar-refractivity contribution in [1.82, 2.24) is 10.2 Å². The molecule has 1 aliphatic heterocycles. The molecular weight excluding hydrogens is 299 g/mol. The molecule has 1 aromatic rings. The summed E-state index contributed by atoms with van der Waals surface area (Å²) in [6.07, 6.45) is 1.06. The van der Waals surface area contributed by atoms with Gasteiger partial charge in [0.25, 0.3) is 0 Å². The first-order chi connectivity index (χ1) is 10.9. The minimum atomic E-state index is -0.692. The lowest BCUT2D eigenvalue weighted by atomic mass is 9.99. The highest BCUT2D eigenvalue weighted by Gasteiger charge is 2.31. The summed E-state index contributed by atoms with van der Waals surface area (Å²) in [5, 5.41) is 2.22. The Bertz CT molecular complexity index is 602. The van der Waals surface area contributed by atoms with Gasteiger partial charge in [-0.3, -0.25) is 19.7 Å². The van der Waals surface area contributed by atoms with E-state index in [0.717, 1.165) is 5.56 Å². The zero-order valence-corrected chi connectivity index (χ0v) is 14.0. The molecule has 1 aliphatic rings. The Kier molecular flexibility index (Phi) is 6.88. The number of piperidine rings is 1. The second-order valence-electron chi connectivity index (χ2n) is 5.21. The van der Waals surface area contributed by atoms with E-state index in [-0.39, 0.29) is 31.1 Å². The first-order valence-corrected chi connectivity index (χ1v) is 7.73. The quantitative estimate of drug-likeness (QED) is 0.683. The van der Waals surface area contributed by atoms with E-state index in [0.29, 0.717) is 17.5 Å². The van der Waals surface area contributed by atoms with E-state index in [4.69, 9.17) is 0 Å². The van der Waals surface area contributed by atoms with Crippen LogP contribution >= 0.6 is 0 Å². The largest absolute Gasteiger partial charge is 0.329 e. The zero-order chi connectivity index (χ0) is 17.6. The number of hydrogen-bond acceptors (Lipinski definition) is 3. The van der Waals surface area contributed by atoms with E-state index in [2.05, 4.69) is 5.32 Å². The van der Waals surface area contributed by atoms with Gasteiger partial charge in [0.1, 0.15) is 11.9 Å². The van der Waals surface area contributed by atoms with Crippen molar-refractivity contribution >= 4 is 18.2 Å². The molecule has 5 nitrogen and oxygen atoms in total. The summed E-state index contributed by atoms with van der Waals surface area (Å²) in [5.41, 5.74) is 2.01. The number of benzene rings is 1. The molecule has 2 rings (SSSR count). The number of hydrogen-bond donors (Lipinski definition) is 1. The Hall–Kier alpha value is -2.24. The maximum atomic E-state index is 13.7. The molecular formula is C17H23FN2O3. The highest BCUT2D eigenvalue weighted by Crippen LogP contribution is 2.21. The van der Waals surface area contributed by atoms with Crippen LogP contribution in [0.2, 0.25) is 0 Å². The summed E-state index contributed by atoms with van der Waals surface area (Å²) in [6, 6.07) is 2.33. The molecule has 1 saturated heterocycles. The molecule has 3 amide bonds. The van der Waals surface area contributed by atoms with Gasteiger partial charge in [-0.15, -0.1) is 0 Å². The van der Waals surface area contributed by atoms with Crippen LogP contribution in [0.25, 0.3) is 0 Å². The summed E-state index contributed by atoms with van der Waals surface area (Å²) in [6.45, 7) is 7.62. The summed E-state index contributed by atoms with van der Waals surface area (Å²) in [7, 11) is 0. The standard InChI is InChI=1S/C15H17FN2O3.C2H6/c1-9-3-4-12(16)10(2)11(9)7-18(8-19)13-5-6-14(20)17-15(13)21;1-2/h3-4,8,13H,5-7H2,1-2H3,(H,17,20,21);1-2H3. The Morgan fingerprint density at radius 2 is 1.96 bits per heavy atom. The van der Waals surface area contributed by atoms with E-state index < -0.39 is 11.9 Å². The molecule has 0 saturated carbocycles. The van der Waals surface area contributed by atoms with Gasteiger partial charge in [-0.05, 0) is 43.0 Å². The molecule has 1 atom stereocenters. The summed E-state index contributed by atoms with van der Waals surface area (Å²) >= 11 is 0. The molecule has 23 heavy (non-hydrogen) atoms. The molecule has 0 bridgehead atoms. The number of nitrogens with zero attached hydrogens (tertiary/aromatic N) is 1. The van der Waals surface area contributed by atoms with Gasteiger partial charge >= 0.3 is 0 Å². The van der Waals surface area contributed by atoms with Gasteiger partial charge < -0.3 is 4.90 Å². The molecule has 1 unspecified atom stereocenters. The number of imide groups is 1. The lowest BCUT2D eigenvalue weighted by Gasteiger charge is -2.30. The third-order valence-electron chi connectivity index (χ3n) is 3.85. The fraction of sp³-hybridized carbons (Fsp3) is 0.471. The molecule has 0 aliphatic carbocycles. The normalized spacial score (nSPS) is 17.0. The Labute approximate surface area is 135 Å². The summed E-state index contributed by atoms with van der Waals surface area (Å²) in [4.78, 5) is 35.6. The highest BCUT2D eigenvalue weighted by atomic mass is 19.1. The Morgan fingerprint density at radius 3 is 2.52 bits per heavy atom. The first kappa shape index (κ1) is 18.8. The fourth-order valence-electron chi connectivity index (χ4n) is 2.51. The second-order valence-corrected chi connectivity index (χ2v) is 5.21. The van der Waals surface area contributed by atoms with E-state index in [1.807, 2.05) is 20.8 Å². The number of halogens is 1. The predicted octanol–water partition coefficient (Wildman–Crippen LogP) is 2.23. The van der Waals surface area contributed by atoms with Crippen molar-refractivity contribution in [2.75, 3.05) is 0 Å². The number of carbonyl (C=O) groups excluding carboxylic acids is 3. The van der Waals surface area contributed by atoms with Crippen LogP contribution in [-0.4, -0.2) is 29.2 Å². The number of amides is 3. The van der Waals surface area contributed by atoms with Gasteiger partial charge in [0, 0.05) is 13.0 Å². The Balaban J connectivity index is 0.00000127. The third-order valence-corrected chi connectivity index (χ3v) is 3.85. The van der Waals surface area contributed by atoms with Gasteiger partial charge in [-0.25, -0.2) is 4.39 Å². The van der Waals surface area contributed by atoms with Crippen molar-refractivity contribution in [3.63, 3.8) is 0 Å². The van der Waals surface area contributed by atoms with Gasteiger partial charge in [-0.2, -0.15) is 0 Å². The van der Waals surface area contributed by atoms with Crippen LogP contribution in [0.4, 0.5) is 4.39 Å². The minimum Gasteiger partial charge on any atom is -0.329 e. The van der Waals surface area contributed by atoms with Crippen LogP contribution in [0, 0.1) is 19.7 Å². The number of nitrogens with one attached hydrogen (secondary N) is 1. The van der Waals surface area contributed by atoms with Crippen LogP contribution in [0.3, 0.4) is 0 Å². The van der Waals surface area contributed by atoms with Crippen molar-refractivity contribution in [2.24, 2.45) is 0 Å². The van der Waals surface area contributed by atoms with Crippen LogP contribution in [0.5, 0.6) is 0 Å². The average molecular weight is 322 g/mol. The molecule has 0 spiro atoms. The predicted molar refractivity (Wildman–Crippen MR) is 85.0 cm³/mol. The van der Waals surface area contributed by atoms with Crippen molar-refractivity contribution in [3.05, 3.63) is 34.6 Å². The van der Waals surface area contributed by atoms with Crippen LogP contribution < -0.4 is 5.32 Å². The van der Waals surface area contributed by atoms with Crippen molar-refractivity contribution in [1.29, 1.82) is 0 Å². The van der Waals surface area contributed by atoms with Gasteiger partial charge in [0.15, 0.2) is 0 Å². The highest BCUT2D eigenvalue weighted by molar-refractivity contribution is 6.00. The molecule has 126 valence electrons. The van der Waals surface area contributed by atoms with Crippen molar-refractivity contribution in [3.8, 4) is 0 Å². The SMILES string of the molecule is CC.Cc1ccc(F)c(C)c1CN(C=O)C1CCC(=O)NC1=O. The number of rotatable bonds is 4. The summed E-state index contributed by atoms with van der Waals surface area (Å²) < 4.78 is 13.7. The first-order valence-electron chi connectivity index (χ1n) is 7.73. The van der Waals surface area contributed by atoms with Gasteiger partial charge in [0.05, 0.1) is 0 Å². The molecule has 0 aromatic heterocycles. The van der Waals surface area contributed by atoms with Crippen LogP contribution in [0.15, 0.2) is 12.1 Å². The maximum absolute atomic E-state index is 13.7. The number of carbonyl (C=O) groups is 3. The van der Waals surface area contributed by atoms with E-state index in [1.165, 1.54) is 11.0 Å². The van der Waals surface area contributed by atoms with E-state index >= 15 is 0 Å². The lowest BCUT2D eigenvalue weighted by molar-refractivity contribution is -0.141. The zero-order valence-electron chi connectivity index (χ0n) is 14.0. The van der Waals surface area contributed by atoms with Gasteiger partial charge in [-0.1, -0.05) is 19.9 Å². The monoisotopic (exact) mass is 322 g/mol. The van der Waals surface area contributed by atoms with Crippen LogP contribution in [0.1, 0.15) is 43.4 Å². The van der Waals surface area contributed by atoms with Crippen molar-refractivity contribution in [2.45, 2.75) is 53.1 Å². The molecule has 1 fully saturated rings. The smallest absolute Gasteiger partial charge is 0.249 e. The lowest BCUT2D eigenvalue weighted by Crippen LogP contribution is -2.51. The molecule has 1 aromatic carbocycles. The second kappa shape index (κ2) is 8.41. The topological polar surface area (TPSA) is 66.5 Å². The summed E-state index contributed by atoms with van der Waals surface area (Å²) in [5.74, 6) is -1.16. The Morgan fingerprint density at radius 1 is 1.30 bits per heavy atom. The molecule has 1 N–H and O–H groups in total. The minimum absolute atomic E-state index is 0.144. The molecule has 6 heteroatoms. The van der Waals surface area contributed by atoms with Gasteiger partial charge in [0.2, 0.25) is 18.2 Å².